The Hall–Kier alpha value is -3.85. The van der Waals surface area contributed by atoms with E-state index in [0.717, 1.165) is 22.3 Å². The largest absolute Gasteiger partial charge is 0.459 e. The minimum absolute atomic E-state index is 0.202. The molecule has 0 heterocycles. The molecule has 218 valence electrons. The van der Waals surface area contributed by atoms with Crippen LogP contribution in [0.3, 0.4) is 0 Å². The van der Waals surface area contributed by atoms with Crippen LogP contribution in [0.2, 0.25) is 0 Å². The zero-order valence-corrected chi connectivity index (χ0v) is 23.3. The minimum atomic E-state index is -1.18. The molecule has 1 aliphatic carbocycles. The van der Waals surface area contributed by atoms with E-state index < -0.39 is 36.6 Å². The van der Waals surface area contributed by atoms with Crippen molar-refractivity contribution in [3.63, 3.8) is 0 Å². The van der Waals surface area contributed by atoms with Gasteiger partial charge in [0.05, 0.1) is 26.4 Å². The Kier molecular flexibility index (Phi) is 10.9. The van der Waals surface area contributed by atoms with Gasteiger partial charge in [0, 0.05) is 0 Å². The molecule has 5 rings (SSSR count). The first kappa shape index (κ1) is 29.6. The SMILES string of the molecule is O=CO[C@@H]1[C@@H](OCc2ccccc2)[C@H](OCc2ccccc2)[C@@H](OCc2ccccc2)[C@@H](O)[C@H]1OCc1ccccc1. The molecule has 0 saturated heterocycles. The van der Waals surface area contributed by atoms with E-state index in [2.05, 4.69) is 0 Å². The van der Waals surface area contributed by atoms with Crippen molar-refractivity contribution in [1.29, 1.82) is 0 Å². The van der Waals surface area contributed by atoms with Crippen molar-refractivity contribution in [3.8, 4) is 0 Å². The third-order valence-electron chi connectivity index (χ3n) is 7.32. The number of rotatable bonds is 14. The normalized spacial score (nSPS) is 23.7. The first-order chi connectivity index (χ1) is 20.7. The van der Waals surface area contributed by atoms with Crippen LogP contribution in [0.4, 0.5) is 0 Å². The number of carbonyl (C=O) groups excluding carboxylic acids is 1. The molecular formula is C35H36O7. The molecule has 1 saturated carbocycles. The predicted molar refractivity (Wildman–Crippen MR) is 157 cm³/mol. The molecule has 0 amide bonds. The molecule has 42 heavy (non-hydrogen) atoms. The fraction of sp³-hybridized carbons (Fsp3) is 0.286. The molecule has 0 aliphatic heterocycles. The van der Waals surface area contributed by atoms with Gasteiger partial charge >= 0.3 is 0 Å². The standard InChI is InChI=1S/C35H36O7/c36-25-42-34-32(39-22-27-15-7-2-8-16-27)30(37)31(38-21-26-13-5-1-6-14-26)33(40-23-28-17-9-3-10-18-28)35(34)41-24-29-19-11-4-12-20-29/h1-20,25,30-35,37H,21-24H2/t30-,31+,32-,33-,34+,35+/m1/s1. The Bertz CT molecular complexity index is 1320. The van der Waals surface area contributed by atoms with Gasteiger partial charge in [-0.1, -0.05) is 121 Å². The number of hydrogen-bond acceptors (Lipinski definition) is 7. The van der Waals surface area contributed by atoms with Crippen LogP contribution >= 0.6 is 0 Å². The number of benzene rings is 4. The van der Waals surface area contributed by atoms with Crippen molar-refractivity contribution in [2.45, 2.75) is 63.1 Å². The average molecular weight is 569 g/mol. The van der Waals surface area contributed by atoms with Crippen LogP contribution in [0.15, 0.2) is 121 Å². The molecule has 1 aliphatic rings. The molecule has 0 radical (unpaired) electrons. The van der Waals surface area contributed by atoms with Gasteiger partial charge in [0.2, 0.25) is 0 Å². The van der Waals surface area contributed by atoms with E-state index in [1.807, 2.05) is 121 Å². The Balaban J connectivity index is 1.46. The van der Waals surface area contributed by atoms with Crippen LogP contribution in [-0.4, -0.2) is 48.2 Å². The van der Waals surface area contributed by atoms with E-state index in [1.165, 1.54) is 0 Å². The fourth-order valence-corrected chi connectivity index (χ4v) is 5.19. The van der Waals surface area contributed by atoms with E-state index in [9.17, 15) is 9.90 Å². The summed E-state index contributed by atoms with van der Waals surface area (Å²) in [7, 11) is 0. The Morgan fingerprint density at radius 1 is 0.452 bits per heavy atom. The number of aliphatic hydroxyl groups is 1. The number of aliphatic hydroxyl groups excluding tert-OH is 1. The molecule has 0 bridgehead atoms. The van der Waals surface area contributed by atoms with E-state index in [0.29, 0.717) is 6.47 Å². The lowest BCUT2D eigenvalue weighted by atomic mass is 9.83. The molecule has 6 atom stereocenters. The highest BCUT2D eigenvalue weighted by Gasteiger charge is 2.54. The third-order valence-corrected chi connectivity index (χ3v) is 7.32. The molecule has 7 heteroatoms. The van der Waals surface area contributed by atoms with Gasteiger partial charge < -0.3 is 28.8 Å². The second-order valence-corrected chi connectivity index (χ2v) is 10.2. The highest BCUT2D eigenvalue weighted by molar-refractivity contribution is 5.38. The maximum absolute atomic E-state index is 11.8. The van der Waals surface area contributed by atoms with E-state index in [1.54, 1.807) is 0 Å². The first-order valence-corrected chi connectivity index (χ1v) is 14.1. The molecular weight excluding hydrogens is 532 g/mol. The molecule has 1 fully saturated rings. The van der Waals surface area contributed by atoms with Gasteiger partial charge in [0.25, 0.3) is 6.47 Å². The highest BCUT2D eigenvalue weighted by Crippen LogP contribution is 2.34. The molecule has 0 unspecified atom stereocenters. The quantitative estimate of drug-likeness (QED) is 0.208. The summed E-state index contributed by atoms with van der Waals surface area (Å²) in [5.41, 5.74) is 3.76. The van der Waals surface area contributed by atoms with E-state index in [-0.39, 0.29) is 26.4 Å². The monoisotopic (exact) mass is 568 g/mol. The van der Waals surface area contributed by atoms with Crippen LogP contribution in [0.25, 0.3) is 0 Å². The minimum Gasteiger partial charge on any atom is -0.459 e. The second kappa shape index (κ2) is 15.4. The average Bonchev–Trinajstić information content (AvgIpc) is 3.05. The van der Waals surface area contributed by atoms with Crippen molar-refractivity contribution < 1.29 is 33.6 Å². The summed E-state index contributed by atoms with van der Waals surface area (Å²) in [6.07, 6.45) is -5.50. The van der Waals surface area contributed by atoms with Gasteiger partial charge in [-0.15, -0.1) is 0 Å². The summed E-state index contributed by atoms with van der Waals surface area (Å²) in [6.45, 7) is 1.30. The fourth-order valence-electron chi connectivity index (χ4n) is 5.19. The smallest absolute Gasteiger partial charge is 0.293 e. The van der Waals surface area contributed by atoms with Gasteiger partial charge in [-0.25, -0.2) is 0 Å². The van der Waals surface area contributed by atoms with Crippen molar-refractivity contribution in [1.82, 2.24) is 0 Å². The molecule has 1 N–H and O–H groups in total. The van der Waals surface area contributed by atoms with Gasteiger partial charge in [-0.3, -0.25) is 4.79 Å². The second-order valence-electron chi connectivity index (χ2n) is 10.2. The summed E-state index contributed by atoms with van der Waals surface area (Å²) in [6, 6.07) is 38.8. The molecule has 7 nitrogen and oxygen atoms in total. The summed E-state index contributed by atoms with van der Waals surface area (Å²) in [5, 5.41) is 11.8. The zero-order chi connectivity index (χ0) is 29.0. The topological polar surface area (TPSA) is 83.5 Å². The Morgan fingerprint density at radius 2 is 0.738 bits per heavy atom. The van der Waals surface area contributed by atoms with Gasteiger partial charge in [-0.05, 0) is 22.3 Å². The van der Waals surface area contributed by atoms with Crippen LogP contribution in [0.5, 0.6) is 0 Å². The van der Waals surface area contributed by atoms with Crippen LogP contribution < -0.4 is 0 Å². The van der Waals surface area contributed by atoms with Crippen LogP contribution in [0.1, 0.15) is 22.3 Å². The zero-order valence-electron chi connectivity index (χ0n) is 23.3. The predicted octanol–water partition coefficient (Wildman–Crippen LogP) is 5.24. The van der Waals surface area contributed by atoms with E-state index >= 15 is 0 Å². The van der Waals surface area contributed by atoms with Crippen LogP contribution in [0, 0.1) is 0 Å². The van der Waals surface area contributed by atoms with Crippen molar-refractivity contribution in [2.75, 3.05) is 0 Å². The lowest BCUT2D eigenvalue weighted by Gasteiger charge is -2.47. The molecule has 0 aromatic heterocycles. The van der Waals surface area contributed by atoms with Gasteiger partial charge in [-0.2, -0.15) is 0 Å². The van der Waals surface area contributed by atoms with E-state index in [4.69, 9.17) is 23.7 Å². The van der Waals surface area contributed by atoms with Gasteiger partial charge in [0.15, 0.2) is 6.10 Å². The maximum Gasteiger partial charge on any atom is 0.293 e. The molecule has 4 aromatic carbocycles. The van der Waals surface area contributed by atoms with Crippen LogP contribution in [-0.2, 0) is 54.9 Å². The number of carbonyl (C=O) groups is 1. The first-order valence-electron chi connectivity index (χ1n) is 14.1. The maximum atomic E-state index is 11.8. The third kappa shape index (κ3) is 7.91. The number of hydrogen-bond donors (Lipinski definition) is 1. The molecule has 0 spiro atoms. The summed E-state index contributed by atoms with van der Waals surface area (Å²) in [5.74, 6) is 0. The lowest BCUT2D eigenvalue weighted by molar-refractivity contribution is -0.274. The highest BCUT2D eigenvalue weighted by atomic mass is 16.6. The lowest BCUT2D eigenvalue weighted by Crippen LogP contribution is -2.66. The molecule has 4 aromatic rings. The summed E-state index contributed by atoms with van der Waals surface area (Å²) >= 11 is 0. The van der Waals surface area contributed by atoms with Crippen molar-refractivity contribution in [3.05, 3.63) is 144 Å². The Morgan fingerprint density at radius 3 is 1.07 bits per heavy atom. The summed E-state index contributed by atoms with van der Waals surface area (Å²) < 4.78 is 31.2. The van der Waals surface area contributed by atoms with Gasteiger partial charge in [0.1, 0.15) is 30.5 Å². The number of ether oxygens (including phenoxy) is 5. The van der Waals surface area contributed by atoms with Crippen molar-refractivity contribution >= 4 is 6.47 Å². The van der Waals surface area contributed by atoms with Crippen molar-refractivity contribution in [2.24, 2.45) is 0 Å². The summed E-state index contributed by atoms with van der Waals surface area (Å²) in [4.78, 5) is 11.8. The Labute approximate surface area is 246 Å².